The Hall–Kier alpha value is -1.03. The summed E-state index contributed by atoms with van der Waals surface area (Å²) in [7, 11) is 0. The van der Waals surface area contributed by atoms with Crippen LogP contribution in [0.15, 0.2) is 12.1 Å². The van der Waals surface area contributed by atoms with Gasteiger partial charge in [0.2, 0.25) is 0 Å². The molecule has 4 unspecified atom stereocenters. The number of hydrogen-bond acceptors (Lipinski definition) is 1. The van der Waals surface area contributed by atoms with Gasteiger partial charge in [-0.05, 0) is 118 Å². The first-order valence-electron chi connectivity index (χ1n) is 11.3. The van der Waals surface area contributed by atoms with Gasteiger partial charge in [-0.3, -0.25) is 0 Å². The maximum Gasteiger partial charge on any atom is 0.194 e. The van der Waals surface area contributed by atoms with Crippen molar-refractivity contribution < 1.29 is 17.9 Å². The summed E-state index contributed by atoms with van der Waals surface area (Å²) in [6.45, 7) is 2.91. The Morgan fingerprint density at radius 2 is 1.29 bits per heavy atom. The fraction of sp³-hybridized carbons (Fsp3) is 0.750. The lowest BCUT2D eigenvalue weighted by Crippen LogP contribution is -2.35. The standard InChI is InChI=1S/C24H33F3O/c1-2-28-21-9-7-15(8-10-21)16-3-4-18-12-19(6-5-17(18)11-16)20-13-22(25)24(27)23(26)14-20/h13-19,21H,2-12H2,1H3. The van der Waals surface area contributed by atoms with Crippen LogP contribution in [0.3, 0.4) is 0 Å². The molecule has 4 atom stereocenters. The summed E-state index contributed by atoms with van der Waals surface area (Å²) in [5, 5.41) is 0. The van der Waals surface area contributed by atoms with E-state index >= 15 is 0 Å². The monoisotopic (exact) mass is 394 g/mol. The maximum absolute atomic E-state index is 13.6. The minimum Gasteiger partial charge on any atom is -0.379 e. The minimum atomic E-state index is -1.35. The molecule has 3 saturated carbocycles. The number of ether oxygens (including phenoxy) is 1. The van der Waals surface area contributed by atoms with Gasteiger partial charge in [0, 0.05) is 6.61 Å². The third-order valence-corrected chi connectivity index (χ3v) is 7.92. The van der Waals surface area contributed by atoms with E-state index < -0.39 is 17.5 Å². The Labute approximate surface area is 167 Å². The third kappa shape index (κ3) is 4.27. The Balaban J connectivity index is 1.33. The zero-order valence-electron chi connectivity index (χ0n) is 16.9. The lowest BCUT2D eigenvalue weighted by molar-refractivity contribution is 0.00583. The summed E-state index contributed by atoms with van der Waals surface area (Å²) < 4.78 is 46.4. The molecular weight excluding hydrogens is 361 g/mol. The highest BCUT2D eigenvalue weighted by Crippen LogP contribution is 2.50. The number of benzene rings is 1. The van der Waals surface area contributed by atoms with Gasteiger partial charge >= 0.3 is 0 Å². The van der Waals surface area contributed by atoms with Gasteiger partial charge in [-0.2, -0.15) is 0 Å². The van der Waals surface area contributed by atoms with Gasteiger partial charge in [0.05, 0.1) is 6.10 Å². The fourth-order valence-corrected chi connectivity index (χ4v) is 6.43. The van der Waals surface area contributed by atoms with Crippen LogP contribution < -0.4 is 0 Å². The SMILES string of the molecule is CCOC1CCC(C2CCC3CC(c4cc(F)c(F)c(F)c4)CCC3C2)CC1. The lowest BCUT2D eigenvalue weighted by Gasteiger charge is -2.45. The molecule has 0 spiro atoms. The highest BCUT2D eigenvalue weighted by molar-refractivity contribution is 5.24. The van der Waals surface area contributed by atoms with Crippen molar-refractivity contribution in [3.05, 3.63) is 35.1 Å². The molecule has 28 heavy (non-hydrogen) atoms. The molecule has 0 amide bonds. The molecule has 0 bridgehead atoms. The van der Waals surface area contributed by atoms with Crippen molar-refractivity contribution >= 4 is 0 Å². The Morgan fingerprint density at radius 1 is 0.750 bits per heavy atom. The van der Waals surface area contributed by atoms with Crippen molar-refractivity contribution in [2.45, 2.75) is 83.2 Å². The normalized spacial score (nSPS) is 36.1. The molecule has 3 aliphatic rings. The highest BCUT2D eigenvalue weighted by atomic mass is 19.2. The molecule has 1 aromatic rings. The van der Waals surface area contributed by atoms with Gasteiger partial charge in [-0.25, -0.2) is 13.2 Å². The van der Waals surface area contributed by atoms with Crippen LogP contribution in [0.4, 0.5) is 13.2 Å². The number of fused-ring (bicyclic) bond motifs is 1. The van der Waals surface area contributed by atoms with Crippen molar-refractivity contribution in [2.24, 2.45) is 23.7 Å². The largest absolute Gasteiger partial charge is 0.379 e. The summed E-state index contributed by atoms with van der Waals surface area (Å²) in [6.07, 6.45) is 12.5. The molecule has 1 aromatic carbocycles. The maximum atomic E-state index is 13.6. The predicted octanol–water partition coefficient (Wildman–Crippen LogP) is 7.00. The Bertz CT molecular complexity index is 645. The first kappa shape index (κ1) is 20.3. The van der Waals surface area contributed by atoms with E-state index in [1.165, 1.54) is 57.1 Å². The van der Waals surface area contributed by atoms with Crippen molar-refractivity contribution in [3.63, 3.8) is 0 Å². The smallest absolute Gasteiger partial charge is 0.194 e. The molecule has 3 fully saturated rings. The molecule has 0 saturated heterocycles. The first-order valence-corrected chi connectivity index (χ1v) is 11.3. The van der Waals surface area contributed by atoms with Crippen LogP contribution in [0.1, 0.15) is 82.6 Å². The van der Waals surface area contributed by atoms with Crippen LogP contribution in [-0.2, 0) is 4.74 Å². The molecule has 4 heteroatoms. The highest BCUT2D eigenvalue weighted by Gasteiger charge is 2.39. The molecule has 0 aromatic heterocycles. The second-order valence-electron chi connectivity index (χ2n) is 9.39. The topological polar surface area (TPSA) is 9.23 Å². The second kappa shape index (κ2) is 8.77. The molecule has 1 nitrogen and oxygen atoms in total. The number of rotatable bonds is 4. The number of halogens is 3. The van der Waals surface area contributed by atoms with Crippen molar-refractivity contribution in [1.82, 2.24) is 0 Å². The molecule has 3 aliphatic carbocycles. The molecule has 156 valence electrons. The number of hydrogen-bond donors (Lipinski definition) is 0. The van der Waals surface area contributed by atoms with E-state index in [0.717, 1.165) is 43.6 Å². The van der Waals surface area contributed by atoms with Crippen LogP contribution in [0.25, 0.3) is 0 Å². The molecular formula is C24H33F3O. The molecule has 0 N–H and O–H groups in total. The molecule has 4 rings (SSSR count). The van der Waals surface area contributed by atoms with Crippen LogP contribution in [0.5, 0.6) is 0 Å². The van der Waals surface area contributed by atoms with Gasteiger partial charge in [-0.1, -0.05) is 0 Å². The van der Waals surface area contributed by atoms with E-state index in [2.05, 4.69) is 6.92 Å². The van der Waals surface area contributed by atoms with Gasteiger partial charge in [0.15, 0.2) is 17.5 Å². The zero-order chi connectivity index (χ0) is 19.7. The average molecular weight is 395 g/mol. The summed E-state index contributed by atoms with van der Waals surface area (Å²) in [5.41, 5.74) is 0.645. The van der Waals surface area contributed by atoms with E-state index in [-0.39, 0.29) is 5.92 Å². The van der Waals surface area contributed by atoms with E-state index in [0.29, 0.717) is 17.6 Å². The second-order valence-corrected chi connectivity index (χ2v) is 9.39. The van der Waals surface area contributed by atoms with E-state index in [4.69, 9.17) is 4.74 Å². The molecule has 0 aliphatic heterocycles. The van der Waals surface area contributed by atoms with Crippen LogP contribution in [0.2, 0.25) is 0 Å². The molecule has 0 heterocycles. The van der Waals surface area contributed by atoms with Crippen molar-refractivity contribution in [2.75, 3.05) is 6.61 Å². The average Bonchev–Trinajstić information content (AvgIpc) is 2.71. The van der Waals surface area contributed by atoms with Crippen molar-refractivity contribution in [3.8, 4) is 0 Å². The lowest BCUT2D eigenvalue weighted by atomic mass is 9.60. The van der Waals surface area contributed by atoms with Crippen LogP contribution in [0, 0.1) is 41.1 Å². The predicted molar refractivity (Wildman–Crippen MR) is 105 cm³/mol. The summed E-state index contributed by atoms with van der Waals surface area (Å²) in [6, 6.07) is 2.43. The van der Waals surface area contributed by atoms with Crippen LogP contribution >= 0.6 is 0 Å². The Morgan fingerprint density at radius 3 is 1.93 bits per heavy atom. The first-order chi connectivity index (χ1) is 13.5. The third-order valence-electron chi connectivity index (χ3n) is 7.92. The minimum absolute atomic E-state index is 0.170. The summed E-state index contributed by atoms with van der Waals surface area (Å²) >= 11 is 0. The van der Waals surface area contributed by atoms with Crippen LogP contribution in [-0.4, -0.2) is 12.7 Å². The quantitative estimate of drug-likeness (QED) is 0.500. The van der Waals surface area contributed by atoms with Gasteiger partial charge in [0.1, 0.15) is 0 Å². The van der Waals surface area contributed by atoms with Gasteiger partial charge in [0.25, 0.3) is 0 Å². The summed E-state index contributed by atoms with van der Waals surface area (Å²) in [5.74, 6) is -0.162. The van der Waals surface area contributed by atoms with E-state index in [1.807, 2.05) is 0 Å². The van der Waals surface area contributed by atoms with Crippen molar-refractivity contribution in [1.29, 1.82) is 0 Å². The van der Waals surface area contributed by atoms with E-state index in [9.17, 15) is 13.2 Å². The zero-order valence-corrected chi connectivity index (χ0v) is 16.9. The Kier molecular flexibility index (Phi) is 6.34. The summed E-state index contributed by atoms with van der Waals surface area (Å²) in [4.78, 5) is 0. The van der Waals surface area contributed by atoms with E-state index in [1.54, 1.807) is 0 Å². The van der Waals surface area contributed by atoms with Gasteiger partial charge < -0.3 is 4.74 Å². The van der Waals surface area contributed by atoms with Gasteiger partial charge in [-0.15, -0.1) is 0 Å². The molecule has 0 radical (unpaired) electrons. The fourth-order valence-electron chi connectivity index (χ4n) is 6.43.